The molecule has 2 N–H and O–H groups in total. The van der Waals surface area contributed by atoms with Gasteiger partial charge in [0.1, 0.15) is 0 Å². The van der Waals surface area contributed by atoms with Gasteiger partial charge < -0.3 is 15.4 Å². The Morgan fingerprint density at radius 2 is 2.18 bits per heavy atom. The molecule has 0 saturated heterocycles. The van der Waals surface area contributed by atoms with E-state index in [9.17, 15) is 9.59 Å². The number of rotatable bonds is 7. The summed E-state index contributed by atoms with van der Waals surface area (Å²) >= 11 is 0. The molecule has 1 amide bonds. The molecule has 0 radical (unpaired) electrons. The van der Waals surface area contributed by atoms with Crippen molar-refractivity contribution >= 4 is 11.9 Å². The Labute approximate surface area is 102 Å². The zero-order valence-corrected chi connectivity index (χ0v) is 10.4. The van der Waals surface area contributed by atoms with E-state index in [-0.39, 0.29) is 17.9 Å². The minimum absolute atomic E-state index is 0.0111. The van der Waals surface area contributed by atoms with E-state index in [1.54, 1.807) is 19.9 Å². The second-order valence-corrected chi connectivity index (χ2v) is 4.07. The van der Waals surface area contributed by atoms with Gasteiger partial charge in [-0.05, 0) is 26.7 Å². The van der Waals surface area contributed by atoms with Crippen molar-refractivity contribution in [2.75, 3.05) is 13.2 Å². The monoisotopic (exact) mass is 240 g/mol. The smallest absolute Gasteiger partial charge is 0.330 e. The van der Waals surface area contributed by atoms with Gasteiger partial charge in [0.05, 0.1) is 12.6 Å². The van der Waals surface area contributed by atoms with Crippen molar-refractivity contribution in [2.24, 2.45) is 0 Å². The van der Waals surface area contributed by atoms with E-state index in [2.05, 4.69) is 10.6 Å². The topological polar surface area (TPSA) is 67.4 Å². The lowest BCUT2D eigenvalue weighted by molar-refractivity contribution is -0.137. The van der Waals surface area contributed by atoms with Gasteiger partial charge in [-0.15, -0.1) is 0 Å². The first kappa shape index (κ1) is 13.7. The number of hydrogen-bond acceptors (Lipinski definition) is 4. The van der Waals surface area contributed by atoms with E-state index in [1.165, 1.54) is 6.08 Å². The summed E-state index contributed by atoms with van der Waals surface area (Å²) in [4.78, 5) is 22.5. The summed E-state index contributed by atoms with van der Waals surface area (Å²) in [6, 6.07) is 0.129. The highest BCUT2D eigenvalue weighted by Gasteiger charge is 2.25. The highest BCUT2D eigenvalue weighted by molar-refractivity contribution is 5.82. The molecule has 1 aliphatic carbocycles. The maximum Gasteiger partial charge on any atom is 0.330 e. The molecule has 17 heavy (non-hydrogen) atoms. The van der Waals surface area contributed by atoms with Gasteiger partial charge in [-0.1, -0.05) is 6.08 Å². The van der Waals surface area contributed by atoms with Crippen LogP contribution in [0.4, 0.5) is 0 Å². The maximum absolute atomic E-state index is 11.5. The number of carbonyl (C=O) groups excluding carboxylic acids is 2. The van der Waals surface area contributed by atoms with Crippen molar-refractivity contribution in [2.45, 2.75) is 38.8 Å². The third kappa shape index (κ3) is 6.06. The van der Waals surface area contributed by atoms with Crippen LogP contribution in [0.3, 0.4) is 0 Å². The number of hydrogen-bond donors (Lipinski definition) is 2. The first-order valence-corrected chi connectivity index (χ1v) is 6.00. The SMILES string of the molecule is CCOC(=O)/C=C/CNC(C)C(=O)NC1CC1. The summed E-state index contributed by atoms with van der Waals surface area (Å²) < 4.78 is 4.72. The fourth-order valence-corrected chi connectivity index (χ4v) is 1.24. The lowest BCUT2D eigenvalue weighted by Crippen LogP contribution is -2.43. The molecule has 1 unspecified atom stereocenters. The molecule has 0 aliphatic heterocycles. The quantitative estimate of drug-likeness (QED) is 0.498. The standard InChI is InChI=1S/C12H20N2O3/c1-3-17-11(15)5-4-8-13-9(2)12(16)14-10-6-7-10/h4-5,9-10,13H,3,6-8H2,1-2H3,(H,14,16)/b5-4+. The molecule has 0 aromatic carbocycles. The van der Waals surface area contributed by atoms with Gasteiger partial charge in [0, 0.05) is 18.7 Å². The Balaban J connectivity index is 2.11. The van der Waals surface area contributed by atoms with E-state index < -0.39 is 0 Å². The third-order valence-corrected chi connectivity index (χ3v) is 2.40. The molecule has 0 bridgehead atoms. The Kier molecular flexibility index (Phi) is 5.69. The molecule has 1 aliphatic rings. The Morgan fingerprint density at radius 1 is 1.47 bits per heavy atom. The molecule has 0 spiro atoms. The fourth-order valence-electron chi connectivity index (χ4n) is 1.24. The van der Waals surface area contributed by atoms with Crippen molar-refractivity contribution in [3.63, 3.8) is 0 Å². The lowest BCUT2D eigenvalue weighted by Gasteiger charge is -2.11. The van der Waals surface area contributed by atoms with E-state index in [1.807, 2.05) is 0 Å². The summed E-state index contributed by atoms with van der Waals surface area (Å²) in [7, 11) is 0. The molecule has 0 aromatic heterocycles. The summed E-state index contributed by atoms with van der Waals surface area (Å²) in [6.45, 7) is 4.40. The van der Waals surface area contributed by atoms with Gasteiger partial charge in [-0.3, -0.25) is 4.79 Å². The normalized spacial score (nSPS) is 16.8. The minimum atomic E-state index is -0.357. The van der Waals surface area contributed by atoms with Crippen LogP contribution in [0, 0.1) is 0 Å². The molecule has 0 aromatic rings. The van der Waals surface area contributed by atoms with E-state index in [0.717, 1.165) is 12.8 Å². The maximum atomic E-state index is 11.5. The van der Waals surface area contributed by atoms with Crippen LogP contribution in [-0.2, 0) is 14.3 Å². The molecule has 1 saturated carbocycles. The molecule has 96 valence electrons. The summed E-state index contributed by atoms with van der Waals surface area (Å²) in [5.41, 5.74) is 0. The summed E-state index contributed by atoms with van der Waals surface area (Å²) in [5.74, 6) is -0.346. The van der Waals surface area contributed by atoms with Crippen LogP contribution in [-0.4, -0.2) is 37.1 Å². The zero-order chi connectivity index (χ0) is 12.7. The lowest BCUT2D eigenvalue weighted by atomic mass is 10.3. The fraction of sp³-hybridized carbons (Fsp3) is 0.667. The molecule has 1 rings (SSSR count). The van der Waals surface area contributed by atoms with E-state index in [0.29, 0.717) is 19.2 Å². The molecule has 0 heterocycles. The molecule has 5 heteroatoms. The Bertz CT molecular complexity index is 298. The van der Waals surface area contributed by atoms with Gasteiger partial charge in [-0.2, -0.15) is 0 Å². The number of carbonyl (C=O) groups is 2. The summed E-state index contributed by atoms with van der Waals surface area (Å²) in [6.07, 6.45) is 5.18. The molecular weight excluding hydrogens is 220 g/mol. The van der Waals surface area contributed by atoms with Crippen LogP contribution in [0.1, 0.15) is 26.7 Å². The molecular formula is C12H20N2O3. The van der Waals surface area contributed by atoms with Crippen LogP contribution in [0.15, 0.2) is 12.2 Å². The number of ether oxygens (including phenoxy) is 1. The van der Waals surface area contributed by atoms with Crippen LogP contribution in [0.25, 0.3) is 0 Å². The van der Waals surface area contributed by atoms with Crippen LogP contribution < -0.4 is 10.6 Å². The first-order chi connectivity index (χ1) is 8.13. The van der Waals surface area contributed by atoms with Crippen molar-refractivity contribution in [3.05, 3.63) is 12.2 Å². The van der Waals surface area contributed by atoms with Crippen LogP contribution in [0.2, 0.25) is 0 Å². The average Bonchev–Trinajstić information content (AvgIpc) is 3.08. The predicted octanol–water partition coefficient (Wildman–Crippen LogP) is 0.362. The Hall–Kier alpha value is -1.36. The number of esters is 1. The number of nitrogens with one attached hydrogen (secondary N) is 2. The first-order valence-electron chi connectivity index (χ1n) is 6.00. The van der Waals surface area contributed by atoms with Gasteiger partial charge in [-0.25, -0.2) is 4.79 Å². The van der Waals surface area contributed by atoms with E-state index in [4.69, 9.17) is 4.74 Å². The second kappa shape index (κ2) is 7.06. The minimum Gasteiger partial charge on any atom is -0.463 e. The van der Waals surface area contributed by atoms with Gasteiger partial charge in [0.25, 0.3) is 0 Å². The average molecular weight is 240 g/mol. The van der Waals surface area contributed by atoms with E-state index >= 15 is 0 Å². The van der Waals surface area contributed by atoms with Gasteiger partial charge in [0.2, 0.25) is 5.91 Å². The van der Waals surface area contributed by atoms with Crippen LogP contribution in [0.5, 0.6) is 0 Å². The second-order valence-electron chi connectivity index (χ2n) is 4.07. The van der Waals surface area contributed by atoms with Gasteiger partial charge >= 0.3 is 5.97 Å². The van der Waals surface area contributed by atoms with Crippen LogP contribution >= 0.6 is 0 Å². The Morgan fingerprint density at radius 3 is 2.76 bits per heavy atom. The highest BCUT2D eigenvalue weighted by Crippen LogP contribution is 2.18. The molecule has 5 nitrogen and oxygen atoms in total. The third-order valence-electron chi connectivity index (χ3n) is 2.40. The summed E-state index contributed by atoms with van der Waals surface area (Å²) in [5, 5.41) is 5.91. The molecule has 1 atom stereocenters. The molecule has 1 fully saturated rings. The van der Waals surface area contributed by atoms with Crippen molar-refractivity contribution in [3.8, 4) is 0 Å². The number of amides is 1. The highest BCUT2D eigenvalue weighted by atomic mass is 16.5. The zero-order valence-electron chi connectivity index (χ0n) is 10.4. The van der Waals surface area contributed by atoms with Crippen molar-refractivity contribution in [1.82, 2.24) is 10.6 Å². The van der Waals surface area contributed by atoms with Crippen molar-refractivity contribution < 1.29 is 14.3 Å². The van der Waals surface area contributed by atoms with Gasteiger partial charge in [0.15, 0.2) is 0 Å². The largest absolute Gasteiger partial charge is 0.463 e. The predicted molar refractivity (Wildman–Crippen MR) is 64.4 cm³/mol. The van der Waals surface area contributed by atoms with Crippen molar-refractivity contribution in [1.29, 1.82) is 0 Å².